The average Bonchev–Trinajstić information content (AvgIpc) is 2.53. The molecule has 0 fully saturated rings. The molecule has 2 atom stereocenters. The van der Waals surface area contributed by atoms with Crippen molar-refractivity contribution in [2.75, 3.05) is 11.9 Å². The summed E-state index contributed by atoms with van der Waals surface area (Å²) in [4.78, 5) is 21.1. The molecule has 23 heavy (non-hydrogen) atoms. The van der Waals surface area contributed by atoms with Crippen molar-refractivity contribution in [1.29, 1.82) is 0 Å². The van der Waals surface area contributed by atoms with Crippen LogP contribution < -0.4 is 5.32 Å². The summed E-state index contributed by atoms with van der Waals surface area (Å²) in [6, 6.07) is 14.7. The van der Waals surface area contributed by atoms with Crippen LogP contribution in [-0.2, 0) is 9.09 Å². The molecule has 0 heterocycles. The summed E-state index contributed by atoms with van der Waals surface area (Å²) in [5.74, 6) is -1.97. The largest absolute Gasteiger partial charge is 0.478 e. The third-order valence-electron chi connectivity index (χ3n) is 3.19. The van der Waals surface area contributed by atoms with Crippen LogP contribution >= 0.6 is 7.60 Å². The highest BCUT2D eigenvalue weighted by Crippen LogP contribution is 2.56. The Morgan fingerprint density at radius 1 is 1.17 bits per heavy atom. The maximum Gasteiger partial charge on any atom is 0.354 e. The first-order chi connectivity index (χ1) is 10.9. The Labute approximate surface area is 134 Å². The smallest absolute Gasteiger partial charge is 0.354 e. The zero-order valence-electron chi connectivity index (χ0n) is 12.5. The highest BCUT2D eigenvalue weighted by molar-refractivity contribution is 7.53. The quantitative estimate of drug-likeness (QED) is 0.668. The summed E-state index contributed by atoms with van der Waals surface area (Å²) in [5.41, 5.74) is 1.27. The minimum atomic E-state index is -3.95. The first kappa shape index (κ1) is 17.2. The zero-order chi connectivity index (χ0) is 16.9. The highest BCUT2D eigenvalue weighted by Gasteiger charge is 2.33. The van der Waals surface area contributed by atoms with Gasteiger partial charge in [0, 0.05) is 5.69 Å². The van der Waals surface area contributed by atoms with Crippen LogP contribution in [0.5, 0.6) is 0 Å². The number of hydrogen-bond acceptors (Lipinski definition) is 4. The van der Waals surface area contributed by atoms with E-state index in [1.54, 1.807) is 43.3 Å². The summed E-state index contributed by atoms with van der Waals surface area (Å²) in [7, 11) is -3.95. The molecule has 0 aromatic heterocycles. The molecule has 2 aromatic rings. The molecule has 2 rings (SSSR count). The maximum atomic E-state index is 12.5. The van der Waals surface area contributed by atoms with E-state index in [0.29, 0.717) is 11.3 Å². The van der Waals surface area contributed by atoms with Gasteiger partial charge in [0.15, 0.2) is 5.78 Å². The molecule has 2 unspecified atom stereocenters. The van der Waals surface area contributed by atoms with Crippen molar-refractivity contribution < 1.29 is 23.9 Å². The van der Waals surface area contributed by atoms with Gasteiger partial charge >= 0.3 is 13.6 Å². The van der Waals surface area contributed by atoms with E-state index >= 15 is 0 Å². The second kappa shape index (κ2) is 7.42. The van der Waals surface area contributed by atoms with Gasteiger partial charge in [-0.3, -0.25) is 4.57 Å². The van der Waals surface area contributed by atoms with Gasteiger partial charge in [0.25, 0.3) is 0 Å². The van der Waals surface area contributed by atoms with E-state index in [2.05, 4.69) is 5.32 Å². The number of carboxylic acid groups (broad SMARTS) is 1. The summed E-state index contributed by atoms with van der Waals surface area (Å²) < 4.78 is 17.5. The van der Waals surface area contributed by atoms with Gasteiger partial charge < -0.3 is 19.8 Å². The van der Waals surface area contributed by atoms with E-state index in [9.17, 15) is 14.3 Å². The number of carboxylic acids is 1. The van der Waals surface area contributed by atoms with Crippen molar-refractivity contribution in [3.63, 3.8) is 0 Å². The predicted octanol–water partition coefficient (Wildman–Crippen LogP) is 3.72. The Morgan fingerprint density at radius 2 is 1.78 bits per heavy atom. The van der Waals surface area contributed by atoms with E-state index in [1.807, 2.05) is 6.07 Å². The molecular formula is C16H18NO5P. The van der Waals surface area contributed by atoms with E-state index in [0.717, 1.165) is 0 Å². The van der Waals surface area contributed by atoms with Crippen molar-refractivity contribution in [2.24, 2.45) is 0 Å². The highest BCUT2D eigenvalue weighted by atomic mass is 31.2. The van der Waals surface area contributed by atoms with Crippen LogP contribution in [-0.4, -0.2) is 22.6 Å². The molecule has 3 N–H and O–H groups in total. The fourth-order valence-electron chi connectivity index (χ4n) is 2.12. The molecule has 0 aliphatic rings. The van der Waals surface area contributed by atoms with Gasteiger partial charge in [-0.1, -0.05) is 30.3 Å². The Morgan fingerprint density at radius 3 is 2.30 bits per heavy atom. The Bertz CT molecular complexity index is 702. The Balaban J connectivity index is 2.31. The SMILES string of the molecule is CCOP(=O)(O)C(Nc1ccc(C(=O)O)cc1)c1ccccc1. The second-order valence-electron chi connectivity index (χ2n) is 4.82. The first-order valence-corrected chi connectivity index (χ1v) is 8.70. The molecule has 6 nitrogen and oxygen atoms in total. The molecule has 0 aliphatic carbocycles. The third-order valence-corrected chi connectivity index (χ3v) is 4.90. The molecule has 7 heteroatoms. The van der Waals surface area contributed by atoms with Crippen LogP contribution in [0.25, 0.3) is 0 Å². The molecular weight excluding hydrogens is 317 g/mol. The van der Waals surface area contributed by atoms with Crippen molar-refractivity contribution in [1.82, 2.24) is 0 Å². The van der Waals surface area contributed by atoms with Gasteiger partial charge in [-0.2, -0.15) is 0 Å². The lowest BCUT2D eigenvalue weighted by Gasteiger charge is -2.24. The maximum absolute atomic E-state index is 12.5. The minimum absolute atomic E-state index is 0.108. The molecule has 122 valence electrons. The molecule has 0 aliphatic heterocycles. The van der Waals surface area contributed by atoms with Crippen LogP contribution in [0.3, 0.4) is 0 Å². The number of nitrogens with one attached hydrogen (secondary N) is 1. The summed E-state index contributed by atoms with van der Waals surface area (Å²) in [6.07, 6.45) is 0. The second-order valence-corrected chi connectivity index (χ2v) is 6.72. The molecule has 2 aromatic carbocycles. The normalized spacial score (nSPS) is 14.7. The van der Waals surface area contributed by atoms with Crippen molar-refractivity contribution in [3.05, 3.63) is 65.7 Å². The number of anilines is 1. The fourth-order valence-corrected chi connectivity index (χ4v) is 3.50. The van der Waals surface area contributed by atoms with Gasteiger partial charge in [-0.25, -0.2) is 4.79 Å². The van der Waals surface area contributed by atoms with Gasteiger partial charge in [0.05, 0.1) is 12.2 Å². The number of aromatic carboxylic acids is 1. The van der Waals surface area contributed by atoms with Gasteiger partial charge in [-0.15, -0.1) is 0 Å². The Hall–Kier alpha value is -2.14. The Kier molecular flexibility index (Phi) is 5.55. The van der Waals surface area contributed by atoms with E-state index in [-0.39, 0.29) is 12.2 Å². The van der Waals surface area contributed by atoms with Crippen molar-refractivity contribution >= 4 is 19.3 Å². The van der Waals surface area contributed by atoms with Gasteiger partial charge in [0.1, 0.15) is 0 Å². The molecule has 0 radical (unpaired) electrons. The standard InChI is InChI=1S/C16H18NO5P/c1-2-22-23(20,21)15(12-6-4-3-5-7-12)17-14-10-8-13(9-11-14)16(18)19/h3-11,15,17H,2H2,1H3,(H,18,19)(H,20,21). The fraction of sp³-hybridized carbons (Fsp3) is 0.188. The van der Waals surface area contributed by atoms with Gasteiger partial charge in [-0.05, 0) is 36.8 Å². The number of carbonyl (C=O) groups is 1. The molecule has 0 bridgehead atoms. The van der Waals surface area contributed by atoms with Crippen LogP contribution in [0.2, 0.25) is 0 Å². The van der Waals surface area contributed by atoms with Crippen LogP contribution in [0.15, 0.2) is 54.6 Å². The van der Waals surface area contributed by atoms with E-state index < -0.39 is 19.3 Å². The van der Waals surface area contributed by atoms with Crippen molar-refractivity contribution in [3.8, 4) is 0 Å². The summed E-state index contributed by atoms with van der Waals surface area (Å²) in [6.45, 7) is 1.75. The average molecular weight is 335 g/mol. The number of hydrogen-bond donors (Lipinski definition) is 3. The van der Waals surface area contributed by atoms with E-state index in [1.165, 1.54) is 12.1 Å². The molecule has 0 amide bonds. The lowest BCUT2D eigenvalue weighted by Crippen LogP contribution is -2.13. The number of benzene rings is 2. The topological polar surface area (TPSA) is 95.9 Å². The van der Waals surface area contributed by atoms with Crippen LogP contribution in [0.1, 0.15) is 28.6 Å². The summed E-state index contributed by atoms with van der Waals surface area (Å²) >= 11 is 0. The molecule has 0 saturated carbocycles. The first-order valence-electron chi connectivity index (χ1n) is 7.06. The van der Waals surface area contributed by atoms with Crippen molar-refractivity contribution in [2.45, 2.75) is 12.7 Å². The lowest BCUT2D eigenvalue weighted by molar-refractivity contribution is 0.0697. The summed E-state index contributed by atoms with van der Waals surface area (Å²) in [5, 5.41) is 11.9. The molecule has 0 saturated heterocycles. The number of rotatable bonds is 7. The zero-order valence-corrected chi connectivity index (χ0v) is 13.4. The lowest BCUT2D eigenvalue weighted by atomic mass is 10.2. The van der Waals surface area contributed by atoms with E-state index in [4.69, 9.17) is 9.63 Å². The monoisotopic (exact) mass is 335 g/mol. The molecule has 0 spiro atoms. The van der Waals surface area contributed by atoms with Gasteiger partial charge in [0.2, 0.25) is 0 Å². The van der Waals surface area contributed by atoms with Crippen LogP contribution in [0, 0.1) is 0 Å². The van der Waals surface area contributed by atoms with Crippen LogP contribution in [0.4, 0.5) is 5.69 Å². The third kappa shape index (κ3) is 4.42. The predicted molar refractivity (Wildman–Crippen MR) is 87.7 cm³/mol. The minimum Gasteiger partial charge on any atom is -0.478 e.